The average Bonchev–Trinajstić information content (AvgIpc) is 2.37. The van der Waals surface area contributed by atoms with Gasteiger partial charge in [0.25, 0.3) is 0 Å². The van der Waals surface area contributed by atoms with Crippen LogP contribution in [0.2, 0.25) is 0 Å². The molecule has 1 saturated carbocycles. The lowest BCUT2D eigenvalue weighted by atomic mass is 9.69. The summed E-state index contributed by atoms with van der Waals surface area (Å²) < 4.78 is 5.11. The molecule has 4 heteroatoms. The van der Waals surface area contributed by atoms with E-state index in [1.54, 1.807) is 7.11 Å². The van der Waals surface area contributed by atoms with Crippen molar-refractivity contribution in [1.29, 1.82) is 0 Å². The Hall–Kier alpha value is -1.55. The van der Waals surface area contributed by atoms with E-state index in [9.17, 15) is 9.90 Å². The van der Waals surface area contributed by atoms with Crippen molar-refractivity contribution in [3.8, 4) is 5.75 Å². The summed E-state index contributed by atoms with van der Waals surface area (Å²) in [6.07, 6.45) is 3.54. The maximum absolute atomic E-state index is 11.2. The van der Waals surface area contributed by atoms with Crippen molar-refractivity contribution in [3.63, 3.8) is 0 Å². The summed E-state index contributed by atoms with van der Waals surface area (Å²) in [4.78, 5) is 11.2. The van der Waals surface area contributed by atoms with E-state index in [0.29, 0.717) is 6.54 Å². The zero-order chi connectivity index (χ0) is 13.7. The van der Waals surface area contributed by atoms with E-state index >= 15 is 0 Å². The number of carboxylic acids is 1. The molecule has 1 aliphatic carbocycles. The summed E-state index contributed by atoms with van der Waals surface area (Å²) in [6.45, 7) is 1.39. The van der Waals surface area contributed by atoms with Gasteiger partial charge in [-0.05, 0) is 43.5 Å². The van der Waals surface area contributed by atoms with Crippen LogP contribution in [0.1, 0.15) is 24.8 Å². The first kappa shape index (κ1) is 13.9. The van der Waals surface area contributed by atoms with Crippen molar-refractivity contribution >= 4 is 5.97 Å². The van der Waals surface area contributed by atoms with E-state index < -0.39 is 11.4 Å². The minimum atomic E-state index is -0.657. The highest BCUT2D eigenvalue weighted by Gasteiger charge is 2.43. The van der Waals surface area contributed by atoms with E-state index in [1.807, 2.05) is 24.3 Å². The summed E-state index contributed by atoms with van der Waals surface area (Å²) in [7, 11) is 1.65. The topological polar surface area (TPSA) is 58.6 Å². The van der Waals surface area contributed by atoms with E-state index in [1.165, 1.54) is 5.56 Å². The van der Waals surface area contributed by atoms with Gasteiger partial charge in [0.15, 0.2) is 0 Å². The SMILES string of the molecule is COc1ccc(CCNCC2(C(=O)O)CCC2)cc1. The van der Waals surface area contributed by atoms with E-state index in [-0.39, 0.29) is 0 Å². The second-order valence-corrected chi connectivity index (χ2v) is 5.21. The predicted octanol–water partition coefficient (Wildman–Crippen LogP) is 2.08. The summed E-state index contributed by atoms with van der Waals surface area (Å²) in [5, 5.41) is 12.5. The van der Waals surface area contributed by atoms with Crippen molar-refractivity contribution in [3.05, 3.63) is 29.8 Å². The maximum atomic E-state index is 11.2. The fourth-order valence-electron chi connectivity index (χ4n) is 2.42. The number of ether oxygens (including phenoxy) is 1. The Kier molecular flexibility index (Phi) is 4.43. The third-order valence-corrected chi connectivity index (χ3v) is 3.98. The zero-order valence-corrected chi connectivity index (χ0v) is 11.3. The Morgan fingerprint density at radius 1 is 1.37 bits per heavy atom. The lowest BCUT2D eigenvalue weighted by Crippen LogP contribution is -2.46. The largest absolute Gasteiger partial charge is 0.497 e. The van der Waals surface area contributed by atoms with Crippen molar-refractivity contribution in [1.82, 2.24) is 5.32 Å². The molecule has 1 aromatic rings. The molecule has 19 heavy (non-hydrogen) atoms. The molecule has 104 valence electrons. The van der Waals surface area contributed by atoms with Gasteiger partial charge in [0.2, 0.25) is 0 Å². The molecule has 0 heterocycles. The fraction of sp³-hybridized carbons (Fsp3) is 0.533. The lowest BCUT2D eigenvalue weighted by Gasteiger charge is -2.37. The molecule has 2 N–H and O–H groups in total. The number of hydrogen-bond donors (Lipinski definition) is 2. The number of nitrogens with one attached hydrogen (secondary N) is 1. The van der Waals surface area contributed by atoms with E-state index in [2.05, 4.69) is 5.32 Å². The van der Waals surface area contributed by atoms with Gasteiger partial charge in [-0.1, -0.05) is 18.6 Å². The first-order valence-corrected chi connectivity index (χ1v) is 6.73. The Labute approximate surface area is 113 Å². The van der Waals surface area contributed by atoms with Gasteiger partial charge >= 0.3 is 5.97 Å². The normalized spacial score (nSPS) is 16.7. The molecular formula is C15H21NO3. The van der Waals surface area contributed by atoms with Gasteiger partial charge < -0.3 is 15.2 Å². The van der Waals surface area contributed by atoms with Crippen LogP contribution in [0.4, 0.5) is 0 Å². The van der Waals surface area contributed by atoms with Crippen LogP contribution in [0, 0.1) is 5.41 Å². The number of rotatable bonds is 7. The number of carboxylic acid groups (broad SMARTS) is 1. The third kappa shape index (κ3) is 3.26. The third-order valence-electron chi connectivity index (χ3n) is 3.98. The molecule has 0 atom stereocenters. The van der Waals surface area contributed by atoms with Gasteiger partial charge in [-0.25, -0.2) is 0 Å². The molecule has 1 aliphatic rings. The summed E-state index contributed by atoms with van der Waals surface area (Å²) in [5.41, 5.74) is 0.728. The van der Waals surface area contributed by atoms with Crippen LogP contribution in [-0.4, -0.2) is 31.3 Å². The van der Waals surface area contributed by atoms with E-state index in [0.717, 1.165) is 38.0 Å². The van der Waals surface area contributed by atoms with Crippen LogP contribution >= 0.6 is 0 Å². The second kappa shape index (κ2) is 6.06. The average molecular weight is 263 g/mol. The molecule has 2 rings (SSSR count). The molecule has 0 saturated heterocycles. The molecule has 0 spiro atoms. The number of hydrogen-bond acceptors (Lipinski definition) is 3. The molecule has 0 bridgehead atoms. The van der Waals surface area contributed by atoms with Crippen molar-refractivity contribution < 1.29 is 14.6 Å². The highest BCUT2D eigenvalue weighted by Crippen LogP contribution is 2.40. The minimum absolute atomic E-state index is 0.500. The van der Waals surface area contributed by atoms with Crippen molar-refractivity contribution in [2.75, 3.05) is 20.2 Å². The summed E-state index contributed by atoms with van der Waals surface area (Å²) >= 11 is 0. The van der Waals surface area contributed by atoms with Crippen LogP contribution in [0.3, 0.4) is 0 Å². The maximum Gasteiger partial charge on any atom is 0.310 e. The van der Waals surface area contributed by atoms with E-state index in [4.69, 9.17) is 4.74 Å². The van der Waals surface area contributed by atoms with Gasteiger partial charge in [-0.2, -0.15) is 0 Å². The molecular weight excluding hydrogens is 242 g/mol. The first-order chi connectivity index (χ1) is 9.16. The van der Waals surface area contributed by atoms with Crippen LogP contribution in [-0.2, 0) is 11.2 Å². The van der Waals surface area contributed by atoms with Crippen LogP contribution < -0.4 is 10.1 Å². The van der Waals surface area contributed by atoms with Gasteiger partial charge in [0, 0.05) is 6.54 Å². The number of benzene rings is 1. The number of aliphatic carboxylic acids is 1. The predicted molar refractivity (Wildman–Crippen MR) is 73.5 cm³/mol. The smallest absolute Gasteiger partial charge is 0.310 e. The molecule has 0 amide bonds. The van der Waals surface area contributed by atoms with Crippen LogP contribution in [0.15, 0.2) is 24.3 Å². The monoisotopic (exact) mass is 263 g/mol. The number of methoxy groups -OCH3 is 1. The van der Waals surface area contributed by atoms with Gasteiger partial charge in [-0.3, -0.25) is 4.79 Å². The summed E-state index contributed by atoms with van der Waals surface area (Å²) in [5.74, 6) is 0.201. The molecule has 1 aromatic carbocycles. The van der Waals surface area contributed by atoms with Crippen LogP contribution in [0.5, 0.6) is 5.75 Å². The first-order valence-electron chi connectivity index (χ1n) is 6.73. The van der Waals surface area contributed by atoms with Gasteiger partial charge in [0.05, 0.1) is 12.5 Å². The number of carbonyl (C=O) groups is 1. The standard InChI is InChI=1S/C15H21NO3/c1-19-13-5-3-12(4-6-13)7-10-16-11-15(14(17)18)8-2-9-15/h3-6,16H,2,7-11H2,1H3,(H,17,18). The minimum Gasteiger partial charge on any atom is -0.497 e. The summed E-state index contributed by atoms with van der Waals surface area (Å²) in [6, 6.07) is 7.97. The van der Waals surface area contributed by atoms with Crippen molar-refractivity contribution in [2.45, 2.75) is 25.7 Å². The molecule has 0 aromatic heterocycles. The zero-order valence-electron chi connectivity index (χ0n) is 11.3. The quantitative estimate of drug-likeness (QED) is 0.739. The van der Waals surface area contributed by atoms with Gasteiger partial charge in [0.1, 0.15) is 5.75 Å². The molecule has 0 radical (unpaired) electrons. The Morgan fingerprint density at radius 2 is 2.05 bits per heavy atom. The van der Waals surface area contributed by atoms with Crippen molar-refractivity contribution in [2.24, 2.45) is 5.41 Å². The van der Waals surface area contributed by atoms with Crippen LogP contribution in [0.25, 0.3) is 0 Å². The Morgan fingerprint density at radius 3 is 2.53 bits per heavy atom. The fourth-order valence-corrected chi connectivity index (χ4v) is 2.42. The van der Waals surface area contributed by atoms with Gasteiger partial charge in [-0.15, -0.1) is 0 Å². The highest BCUT2D eigenvalue weighted by molar-refractivity contribution is 5.76. The molecule has 0 unspecified atom stereocenters. The molecule has 4 nitrogen and oxygen atoms in total. The lowest BCUT2D eigenvalue weighted by molar-refractivity contribution is -0.154. The Balaban J connectivity index is 1.73. The molecule has 0 aliphatic heterocycles. The highest BCUT2D eigenvalue weighted by atomic mass is 16.5. The second-order valence-electron chi connectivity index (χ2n) is 5.21. The molecule has 1 fully saturated rings. The Bertz CT molecular complexity index is 424.